The van der Waals surface area contributed by atoms with E-state index in [-0.39, 0.29) is 17.5 Å². The minimum Gasteiger partial charge on any atom is -0.392 e. The first-order valence-electron chi connectivity index (χ1n) is 6.03. The molecule has 0 radical (unpaired) electrons. The Balaban J connectivity index is 3.27. The Hall–Kier alpha value is -0.910. The van der Waals surface area contributed by atoms with Crippen LogP contribution in [0.4, 0.5) is 0 Å². The molecule has 0 aromatic heterocycles. The average molecular weight is 271 g/mol. The summed E-state index contributed by atoms with van der Waals surface area (Å²) in [6.45, 7) is 5.44. The van der Waals surface area contributed by atoms with Gasteiger partial charge in [0.05, 0.1) is 11.5 Å². The second kappa shape index (κ2) is 5.82. The van der Waals surface area contributed by atoms with Crippen molar-refractivity contribution in [3.63, 3.8) is 0 Å². The summed E-state index contributed by atoms with van der Waals surface area (Å²) in [6, 6.07) is 4.96. The van der Waals surface area contributed by atoms with Crippen molar-refractivity contribution in [1.82, 2.24) is 4.31 Å². The molecule has 0 aliphatic heterocycles. The van der Waals surface area contributed by atoms with Crippen molar-refractivity contribution in [2.75, 3.05) is 7.05 Å². The van der Waals surface area contributed by atoms with Crippen LogP contribution in [-0.2, 0) is 16.6 Å². The van der Waals surface area contributed by atoms with Crippen molar-refractivity contribution in [3.8, 4) is 0 Å². The number of aliphatic hydroxyl groups is 1. The maximum absolute atomic E-state index is 12.5. The number of rotatable bonds is 5. The van der Waals surface area contributed by atoms with Gasteiger partial charge < -0.3 is 5.11 Å². The molecular formula is C13H21NO3S. The highest BCUT2D eigenvalue weighted by atomic mass is 32.2. The molecule has 0 saturated heterocycles. The third kappa shape index (κ3) is 2.91. The van der Waals surface area contributed by atoms with Crippen molar-refractivity contribution in [2.45, 2.75) is 44.7 Å². The number of sulfonamides is 1. The van der Waals surface area contributed by atoms with Crippen LogP contribution in [0.5, 0.6) is 0 Å². The SMILES string of the molecule is CCC(C)N(C)S(=O)(=O)c1cc(CO)ccc1C. The summed E-state index contributed by atoms with van der Waals surface area (Å²) in [4.78, 5) is 0.275. The Labute approximate surface area is 109 Å². The first kappa shape index (κ1) is 15.1. The van der Waals surface area contributed by atoms with Gasteiger partial charge in [-0.25, -0.2) is 8.42 Å². The molecule has 4 nitrogen and oxygen atoms in total. The molecule has 0 aliphatic rings. The van der Waals surface area contributed by atoms with Crippen molar-refractivity contribution < 1.29 is 13.5 Å². The number of aryl methyl sites for hydroxylation is 1. The third-order valence-electron chi connectivity index (χ3n) is 3.30. The minimum atomic E-state index is -3.49. The van der Waals surface area contributed by atoms with Crippen LogP contribution in [0.25, 0.3) is 0 Å². The monoisotopic (exact) mass is 271 g/mol. The Bertz CT molecular complexity index is 511. The fourth-order valence-corrected chi connectivity index (χ4v) is 3.38. The predicted molar refractivity (Wildman–Crippen MR) is 71.8 cm³/mol. The number of benzene rings is 1. The summed E-state index contributed by atoms with van der Waals surface area (Å²) in [5, 5.41) is 9.10. The number of nitrogens with zero attached hydrogens (tertiary/aromatic N) is 1. The van der Waals surface area contributed by atoms with Crippen LogP contribution in [0.1, 0.15) is 31.4 Å². The average Bonchev–Trinajstić information content (AvgIpc) is 2.37. The lowest BCUT2D eigenvalue weighted by Crippen LogP contribution is -2.35. The van der Waals surface area contributed by atoms with E-state index in [0.29, 0.717) is 11.1 Å². The van der Waals surface area contributed by atoms with Crippen molar-refractivity contribution in [2.24, 2.45) is 0 Å². The smallest absolute Gasteiger partial charge is 0.243 e. The summed E-state index contributed by atoms with van der Waals surface area (Å²) in [6.07, 6.45) is 0.758. The lowest BCUT2D eigenvalue weighted by molar-refractivity contribution is 0.281. The zero-order chi connectivity index (χ0) is 13.9. The molecule has 0 saturated carbocycles. The summed E-state index contributed by atoms with van der Waals surface area (Å²) >= 11 is 0. The molecule has 102 valence electrons. The van der Waals surface area contributed by atoms with Crippen LogP contribution in [0.15, 0.2) is 23.1 Å². The predicted octanol–water partition coefficient (Wildman–Crippen LogP) is 1.91. The van der Waals surface area contributed by atoms with E-state index in [0.717, 1.165) is 6.42 Å². The third-order valence-corrected chi connectivity index (χ3v) is 5.42. The van der Waals surface area contributed by atoms with E-state index in [2.05, 4.69) is 0 Å². The van der Waals surface area contributed by atoms with Gasteiger partial charge in [0.15, 0.2) is 0 Å². The summed E-state index contributed by atoms with van der Waals surface area (Å²) < 4.78 is 26.3. The second-order valence-electron chi connectivity index (χ2n) is 4.54. The van der Waals surface area contributed by atoms with Crippen molar-refractivity contribution in [1.29, 1.82) is 0 Å². The van der Waals surface area contributed by atoms with E-state index < -0.39 is 10.0 Å². The standard InChI is InChI=1S/C13H21NO3S/c1-5-11(3)14(4)18(16,17)13-8-12(9-15)7-6-10(13)2/h6-8,11,15H,5,9H2,1-4H3. The Kier molecular flexibility index (Phi) is 4.90. The van der Waals surface area contributed by atoms with Crippen LogP contribution in [0.3, 0.4) is 0 Å². The van der Waals surface area contributed by atoms with Gasteiger partial charge in [-0.15, -0.1) is 0 Å². The van der Waals surface area contributed by atoms with E-state index in [1.54, 1.807) is 32.2 Å². The van der Waals surface area contributed by atoms with E-state index in [4.69, 9.17) is 5.11 Å². The van der Waals surface area contributed by atoms with Crippen LogP contribution in [-0.4, -0.2) is 30.9 Å². The zero-order valence-electron chi connectivity index (χ0n) is 11.3. The number of hydrogen-bond donors (Lipinski definition) is 1. The van der Waals surface area contributed by atoms with Gasteiger partial charge in [0, 0.05) is 13.1 Å². The molecule has 18 heavy (non-hydrogen) atoms. The first-order valence-corrected chi connectivity index (χ1v) is 7.47. The summed E-state index contributed by atoms with van der Waals surface area (Å²) in [7, 11) is -1.90. The topological polar surface area (TPSA) is 57.6 Å². The van der Waals surface area contributed by atoms with Gasteiger partial charge in [0.25, 0.3) is 0 Å². The van der Waals surface area contributed by atoms with E-state index in [1.807, 2.05) is 13.8 Å². The Morgan fingerprint density at radius 1 is 1.39 bits per heavy atom. The van der Waals surface area contributed by atoms with Crippen LogP contribution in [0.2, 0.25) is 0 Å². The van der Waals surface area contributed by atoms with Gasteiger partial charge in [-0.1, -0.05) is 19.1 Å². The van der Waals surface area contributed by atoms with Crippen LogP contribution >= 0.6 is 0 Å². The zero-order valence-corrected chi connectivity index (χ0v) is 12.2. The molecule has 0 heterocycles. The lowest BCUT2D eigenvalue weighted by Gasteiger charge is -2.24. The van der Waals surface area contributed by atoms with Crippen LogP contribution in [0, 0.1) is 6.92 Å². The fourth-order valence-electron chi connectivity index (χ4n) is 1.67. The molecule has 5 heteroatoms. The summed E-state index contributed by atoms with van der Waals surface area (Å²) in [5.74, 6) is 0. The molecule has 1 rings (SSSR count). The number of aliphatic hydroxyl groups excluding tert-OH is 1. The minimum absolute atomic E-state index is 0.0489. The molecule has 0 bridgehead atoms. The maximum atomic E-state index is 12.5. The highest BCUT2D eigenvalue weighted by molar-refractivity contribution is 7.89. The molecule has 1 aromatic carbocycles. The summed E-state index contributed by atoms with van der Waals surface area (Å²) in [5.41, 5.74) is 1.30. The molecule has 0 spiro atoms. The first-order chi connectivity index (χ1) is 8.34. The van der Waals surface area contributed by atoms with Gasteiger partial charge in [0.2, 0.25) is 10.0 Å². The normalized spacial score (nSPS) is 13.9. The van der Waals surface area contributed by atoms with E-state index in [1.165, 1.54) is 4.31 Å². The molecule has 0 fully saturated rings. The largest absolute Gasteiger partial charge is 0.392 e. The van der Waals surface area contributed by atoms with Crippen LogP contribution < -0.4 is 0 Å². The molecule has 1 N–H and O–H groups in total. The van der Waals surface area contributed by atoms with Gasteiger partial charge in [-0.3, -0.25) is 0 Å². The molecule has 1 aromatic rings. The molecular weight excluding hydrogens is 250 g/mol. The fraction of sp³-hybridized carbons (Fsp3) is 0.538. The van der Waals surface area contributed by atoms with Crippen molar-refractivity contribution >= 4 is 10.0 Å². The van der Waals surface area contributed by atoms with Gasteiger partial charge >= 0.3 is 0 Å². The van der Waals surface area contributed by atoms with E-state index >= 15 is 0 Å². The molecule has 0 aliphatic carbocycles. The Morgan fingerprint density at radius 2 is 2.00 bits per heavy atom. The molecule has 0 amide bonds. The second-order valence-corrected chi connectivity index (χ2v) is 6.50. The quantitative estimate of drug-likeness (QED) is 0.890. The van der Waals surface area contributed by atoms with Gasteiger partial charge in [0.1, 0.15) is 0 Å². The lowest BCUT2D eigenvalue weighted by atomic mass is 10.2. The van der Waals surface area contributed by atoms with Crippen molar-refractivity contribution in [3.05, 3.63) is 29.3 Å². The van der Waals surface area contributed by atoms with E-state index in [9.17, 15) is 8.42 Å². The molecule has 1 atom stereocenters. The Morgan fingerprint density at radius 3 is 2.50 bits per heavy atom. The number of hydrogen-bond acceptors (Lipinski definition) is 3. The highest BCUT2D eigenvalue weighted by Crippen LogP contribution is 2.22. The maximum Gasteiger partial charge on any atom is 0.243 e. The highest BCUT2D eigenvalue weighted by Gasteiger charge is 2.26. The molecule has 1 unspecified atom stereocenters. The van der Waals surface area contributed by atoms with Gasteiger partial charge in [-0.2, -0.15) is 4.31 Å². The van der Waals surface area contributed by atoms with Gasteiger partial charge in [-0.05, 0) is 37.5 Å².